The lowest BCUT2D eigenvalue weighted by molar-refractivity contribution is 0.0997. The van der Waals surface area contributed by atoms with E-state index < -0.39 is 5.91 Å². The lowest BCUT2D eigenvalue weighted by Crippen LogP contribution is -2.34. The van der Waals surface area contributed by atoms with Gasteiger partial charge in [-0.1, -0.05) is 6.42 Å². The van der Waals surface area contributed by atoms with Crippen LogP contribution in [0.4, 0.5) is 4.39 Å². The van der Waals surface area contributed by atoms with Gasteiger partial charge in [0.2, 0.25) is 5.91 Å². The van der Waals surface area contributed by atoms with Crippen LogP contribution in [-0.4, -0.2) is 25.1 Å². The van der Waals surface area contributed by atoms with E-state index in [-0.39, 0.29) is 12.4 Å². The summed E-state index contributed by atoms with van der Waals surface area (Å²) in [6, 6.07) is 4.59. The maximum absolute atomic E-state index is 13.6. The van der Waals surface area contributed by atoms with E-state index >= 15 is 0 Å². The SMILES string of the molecule is NC(=O)c1ccc(F)c(COCCC2CCCCN2)c1. The van der Waals surface area contributed by atoms with Crippen LogP contribution in [0.15, 0.2) is 18.2 Å². The summed E-state index contributed by atoms with van der Waals surface area (Å²) < 4.78 is 19.1. The molecule has 1 fully saturated rings. The number of nitrogens with two attached hydrogens (primary N) is 1. The number of halogens is 1. The summed E-state index contributed by atoms with van der Waals surface area (Å²) in [5, 5.41) is 3.44. The number of piperidine rings is 1. The molecule has 1 atom stereocenters. The average Bonchev–Trinajstić information content (AvgIpc) is 2.46. The van der Waals surface area contributed by atoms with Gasteiger partial charge < -0.3 is 15.8 Å². The summed E-state index contributed by atoms with van der Waals surface area (Å²) in [7, 11) is 0. The quantitative estimate of drug-likeness (QED) is 0.783. The summed E-state index contributed by atoms with van der Waals surface area (Å²) in [4.78, 5) is 11.1. The number of carbonyl (C=O) groups excluding carboxylic acids is 1. The molecule has 1 heterocycles. The molecule has 3 N–H and O–H groups in total. The summed E-state index contributed by atoms with van der Waals surface area (Å²) >= 11 is 0. The Bertz CT molecular complexity index is 459. The van der Waals surface area contributed by atoms with Gasteiger partial charge in [-0.2, -0.15) is 0 Å². The Morgan fingerprint density at radius 3 is 3.00 bits per heavy atom. The molecule has 110 valence electrons. The molecule has 0 spiro atoms. The Morgan fingerprint density at radius 2 is 2.30 bits per heavy atom. The van der Waals surface area contributed by atoms with Crippen LogP contribution < -0.4 is 11.1 Å². The van der Waals surface area contributed by atoms with E-state index in [2.05, 4.69) is 5.32 Å². The van der Waals surface area contributed by atoms with E-state index in [1.807, 2.05) is 0 Å². The third-order valence-electron chi connectivity index (χ3n) is 3.61. The molecule has 0 radical (unpaired) electrons. The van der Waals surface area contributed by atoms with Crippen LogP contribution in [0.25, 0.3) is 0 Å². The topological polar surface area (TPSA) is 64.4 Å². The minimum absolute atomic E-state index is 0.166. The Kier molecular flexibility index (Phi) is 5.49. The third kappa shape index (κ3) is 4.28. The number of primary amides is 1. The van der Waals surface area contributed by atoms with Crippen LogP contribution in [0.1, 0.15) is 41.6 Å². The molecule has 0 bridgehead atoms. The van der Waals surface area contributed by atoms with Gasteiger partial charge in [-0.05, 0) is 44.0 Å². The van der Waals surface area contributed by atoms with Crippen LogP contribution in [0, 0.1) is 5.82 Å². The molecule has 1 aliphatic heterocycles. The van der Waals surface area contributed by atoms with Gasteiger partial charge in [0.15, 0.2) is 0 Å². The van der Waals surface area contributed by atoms with Gasteiger partial charge in [-0.25, -0.2) is 4.39 Å². The van der Waals surface area contributed by atoms with Gasteiger partial charge in [-0.15, -0.1) is 0 Å². The highest BCUT2D eigenvalue weighted by Gasteiger charge is 2.12. The molecule has 1 unspecified atom stereocenters. The van der Waals surface area contributed by atoms with E-state index in [0.717, 1.165) is 13.0 Å². The fourth-order valence-electron chi connectivity index (χ4n) is 2.42. The second-order valence-corrected chi connectivity index (χ2v) is 5.16. The zero-order chi connectivity index (χ0) is 14.4. The second-order valence-electron chi connectivity index (χ2n) is 5.16. The van der Waals surface area contributed by atoms with Gasteiger partial charge in [0.05, 0.1) is 6.61 Å². The minimum atomic E-state index is -0.558. The van der Waals surface area contributed by atoms with Crippen molar-refractivity contribution in [2.45, 2.75) is 38.3 Å². The zero-order valence-corrected chi connectivity index (χ0v) is 11.5. The van der Waals surface area contributed by atoms with Crippen LogP contribution in [0.5, 0.6) is 0 Å². The van der Waals surface area contributed by atoms with Gasteiger partial charge in [-0.3, -0.25) is 4.79 Å². The lowest BCUT2D eigenvalue weighted by atomic mass is 10.0. The number of amides is 1. The van der Waals surface area contributed by atoms with Crippen LogP contribution in [-0.2, 0) is 11.3 Å². The standard InChI is InChI=1S/C15H21FN2O2/c16-14-5-4-11(15(17)19)9-12(14)10-20-8-6-13-3-1-2-7-18-13/h4-5,9,13,18H,1-3,6-8,10H2,(H2,17,19). The molecule has 4 nitrogen and oxygen atoms in total. The molecule has 0 saturated carbocycles. The van der Waals surface area contributed by atoms with Gasteiger partial charge >= 0.3 is 0 Å². The van der Waals surface area contributed by atoms with E-state index in [1.54, 1.807) is 0 Å². The van der Waals surface area contributed by atoms with E-state index in [0.29, 0.717) is 23.8 Å². The zero-order valence-electron chi connectivity index (χ0n) is 11.5. The normalized spacial score (nSPS) is 18.9. The molecule has 0 aliphatic carbocycles. The third-order valence-corrected chi connectivity index (χ3v) is 3.61. The van der Waals surface area contributed by atoms with Crippen LogP contribution in [0.2, 0.25) is 0 Å². The predicted molar refractivity (Wildman–Crippen MR) is 74.8 cm³/mol. The second kappa shape index (κ2) is 7.36. The van der Waals surface area contributed by atoms with Gasteiger partial charge in [0.1, 0.15) is 5.82 Å². The lowest BCUT2D eigenvalue weighted by Gasteiger charge is -2.23. The highest BCUT2D eigenvalue weighted by atomic mass is 19.1. The molecule has 1 aromatic carbocycles. The largest absolute Gasteiger partial charge is 0.377 e. The summed E-state index contributed by atoms with van der Waals surface area (Å²) in [5.74, 6) is -0.927. The highest BCUT2D eigenvalue weighted by molar-refractivity contribution is 5.92. The molecule has 0 aromatic heterocycles. The van der Waals surface area contributed by atoms with Crippen molar-refractivity contribution in [1.82, 2.24) is 5.32 Å². The summed E-state index contributed by atoms with van der Waals surface area (Å²) in [6.07, 6.45) is 4.60. The van der Waals surface area contributed by atoms with Crippen molar-refractivity contribution in [1.29, 1.82) is 0 Å². The highest BCUT2D eigenvalue weighted by Crippen LogP contribution is 2.13. The van der Waals surface area contributed by atoms with E-state index in [1.165, 1.54) is 37.5 Å². The Labute approximate surface area is 118 Å². The maximum Gasteiger partial charge on any atom is 0.248 e. The monoisotopic (exact) mass is 280 g/mol. The molecule has 1 aliphatic rings. The van der Waals surface area contributed by atoms with Crippen molar-refractivity contribution in [2.24, 2.45) is 5.73 Å². The average molecular weight is 280 g/mol. The van der Waals surface area contributed by atoms with E-state index in [4.69, 9.17) is 10.5 Å². The summed E-state index contributed by atoms with van der Waals surface area (Å²) in [6.45, 7) is 1.82. The number of benzene rings is 1. The molecule has 2 rings (SSSR count). The fraction of sp³-hybridized carbons (Fsp3) is 0.533. The molecule has 5 heteroatoms. The fourth-order valence-corrected chi connectivity index (χ4v) is 2.42. The van der Waals surface area contributed by atoms with Crippen molar-refractivity contribution in [2.75, 3.05) is 13.2 Å². The first-order valence-electron chi connectivity index (χ1n) is 7.06. The molecule has 1 amide bonds. The molecular weight excluding hydrogens is 259 g/mol. The number of carbonyl (C=O) groups is 1. The molecule has 1 saturated heterocycles. The number of hydrogen-bond donors (Lipinski definition) is 2. The van der Waals surface area contributed by atoms with Crippen molar-refractivity contribution >= 4 is 5.91 Å². The van der Waals surface area contributed by atoms with Crippen molar-refractivity contribution in [3.05, 3.63) is 35.1 Å². The Hall–Kier alpha value is -1.46. The molecular formula is C15H21FN2O2. The van der Waals surface area contributed by atoms with E-state index in [9.17, 15) is 9.18 Å². The van der Waals surface area contributed by atoms with Crippen LogP contribution >= 0.6 is 0 Å². The first kappa shape index (κ1) is 14.9. The number of nitrogens with one attached hydrogen (secondary N) is 1. The first-order valence-corrected chi connectivity index (χ1v) is 7.06. The smallest absolute Gasteiger partial charge is 0.248 e. The number of rotatable bonds is 6. The Morgan fingerprint density at radius 1 is 1.45 bits per heavy atom. The van der Waals surface area contributed by atoms with Crippen LogP contribution in [0.3, 0.4) is 0 Å². The molecule has 20 heavy (non-hydrogen) atoms. The predicted octanol–water partition coefficient (Wildman–Crippen LogP) is 1.97. The first-order chi connectivity index (χ1) is 9.66. The number of hydrogen-bond acceptors (Lipinski definition) is 3. The van der Waals surface area contributed by atoms with Crippen molar-refractivity contribution in [3.63, 3.8) is 0 Å². The van der Waals surface area contributed by atoms with Crippen molar-refractivity contribution in [3.8, 4) is 0 Å². The van der Waals surface area contributed by atoms with Crippen molar-refractivity contribution < 1.29 is 13.9 Å². The maximum atomic E-state index is 13.6. The van der Waals surface area contributed by atoms with Gasteiger partial charge in [0.25, 0.3) is 0 Å². The van der Waals surface area contributed by atoms with Gasteiger partial charge in [0, 0.05) is 23.8 Å². The number of ether oxygens (including phenoxy) is 1. The summed E-state index contributed by atoms with van der Waals surface area (Å²) in [5.41, 5.74) is 5.85. The Balaban J connectivity index is 1.78. The molecule has 1 aromatic rings. The minimum Gasteiger partial charge on any atom is -0.377 e.